The number of benzene rings is 1. The van der Waals surface area contributed by atoms with Gasteiger partial charge in [-0.1, -0.05) is 18.2 Å². The first kappa shape index (κ1) is 9.45. The second kappa shape index (κ2) is 3.57. The number of aldehydes is 1. The predicted molar refractivity (Wildman–Crippen MR) is 54.7 cm³/mol. The van der Waals surface area contributed by atoms with Gasteiger partial charge in [0.05, 0.1) is 0 Å². The summed E-state index contributed by atoms with van der Waals surface area (Å²) in [5.74, 6) is -2.26. The SMILES string of the molecule is O=CC(C(=O)O)c1cc2ccccc2[nH]1. The molecule has 76 valence electrons. The summed E-state index contributed by atoms with van der Waals surface area (Å²) in [7, 11) is 0. The molecule has 1 aromatic heterocycles. The standard InChI is InChI=1S/C11H9NO3/c13-6-8(11(14)15)10-5-7-3-1-2-4-9(7)12-10/h1-6,8,12H,(H,14,15). The molecule has 4 nitrogen and oxygen atoms in total. The molecule has 0 saturated heterocycles. The summed E-state index contributed by atoms with van der Waals surface area (Å²) < 4.78 is 0. The van der Waals surface area contributed by atoms with E-state index in [1.54, 1.807) is 6.07 Å². The van der Waals surface area contributed by atoms with E-state index in [1.807, 2.05) is 24.3 Å². The number of hydrogen-bond donors (Lipinski definition) is 2. The molecule has 1 heterocycles. The van der Waals surface area contributed by atoms with Crippen LogP contribution in [0.15, 0.2) is 30.3 Å². The number of carbonyl (C=O) groups excluding carboxylic acids is 1. The fourth-order valence-electron chi connectivity index (χ4n) is 1.53. The first-order valence-electron chi connectivity index (χ1n) is 4.48. The highest BCUT2D eigenvalue weighted by molar-refractivity contribution is 5.94. The van der Waals surface area contributed by atoms with Crippen LogP contribution in [0.25, 0.3) is 10.9 Å². The van der Waals surface area contributed by atoms with Crippen LogP contribution in [0.1, 0.15) is 11.6 Å². The van der Waals surface area contributed by atoms with Gasteiger partial charge in [0.15, 0.2) is 5.92 Å². The number of aliphatic carboxylic acids is 1. The third kappa shape index (κ3) is 1.61. The Labute approximate surface area is 85.5 Å². The zero-order valence-electron chi connectivity index (χ0n) is 7.81. The van der Waals surface area contributed by atoms with Crippen LogP contribution in [0.4, 0.5) is 0 Å². The number of rotatable bonds is 3. The lowest BCUT2D eigenvalue weighted by molar-refractivity contribution is -0.140. The van der Waals surface area contributed by atoms with Gasteiger partial charge >= 0.3 is 5.97 Å². The first-order chi connectivity index (χ1) is 7.22. The minimum absolute atomic E-state index is 0.415. The molecule has 4 heteroatoms. The number of carboxylic acid groups (broad SMARTS) is 1. The van der Waals surface area contributed by atoms with E-state index in [2.05, 4.69) is 4.98 Å². The fourth-order valence-corrected chi connectivity index (χ4v) is 1.53. The largest absolute Gasteiger partial charge is 0.480 e. The van der Waals surface area contributed by atoms with E-state index in [0.717, 1.165) is 10.9 Å². The van der Waals surface area contributed by atoms with E-state index in [-0.39, 0.29) is 0 Å². The second-order valence-electron chi connectivity index (χ2n) is 3.26. The van der Waals surface area contributed by atoms with Crippen molar-refractivity contribution < 1.29 is 14.7 Å². The van der Waals surface area contributed by atoms with Crippen LogP contribution in [-0.4, -0.2) is 22.3 Å². The monoisotopic (exact) mass is 203 g/mol. The smallest absolute Gasteiger partial charge is 0.319 e. The molecular weight excluding hydrogens is 194 g/mol. The summed E-state index contributed by atoms with van der Waals surface area (Å²) in [4.78, 5) is 24.3. The Balaban J connectivity index is 2.52. The second-order valence-corrected chi connectivity index (χ2v) is 3.26. The molecule has 0 radical (unpaired) electrons. The molecule has 0 spiro atoms. The van der Waals surface area contributed by atoms with Gasteiger partial charge in [0.25, 0.3) is 0 Å². The lowest BCUT2D eigenvalue weighted by Gasteiger charge is -1.99. The summed E-state index contributed by atoms with van der Waals surface area (Å²) >= 11 is 0. The van der Waals surface area contributed by atoms with Gasteiger partial charge in [0.1, 0.15) is 6.29 Å². The fraction of sp³-hybridized carbons (Fsp3) is 0.0909. The van der Waals surface area contributed by atoms with Crippen LogP contribution in [-0.2, 0) is 9.59 Å². The molecule has 0 fully saturated rings. The number of nitrogens with one attached hydrogen (secondary N) is 1. The quantitative estimate of drug-likeness (QED) is 0.587. The van der Waals surface area contributed by atoms with E-state index < -0.39 is 11.9 Å². The molecule has 0 aliphatic carbocycles. The Morgan fingerprint density at radius 3 is 2.73 bits per heavy atom. The van der Waals surface area contributed by atoms with Crippen LogP contribution < -0.4 is 0 Å². The molecule has 0 aliphatic rings. The summed E-state index contributed by atoms with van der Waals surface area (Å²) in [6.45, 7) is 0. The van der Waals surface area contributed by atoms with Gasteiger partial charge in [0.2, 0.25) is 0 Å². The zero-order chi connectivity index (χ0) is 10.8. The van der Waals surface area contributed by atoms with Crippen molar-refractivity contribution in [1.82, 2.24) is 4.98 Å². The average molecular weight is 203 g/mol. The van der Waals surface area contributed by atoms with E-state index >= 15 is 0 Å². The number of fused-ring (bicyclic) bond motifs is 1. The maximum absolute atomic E-state index is 10.8. The Bertz CT molecular complexity index is 482. The van der Waals surface area contributed by atoms with E-state index in [9.17, 15) is 9.59 Å². The topological polar surface area (TPSA) is 70.2 Å². The molecule has 1 aromatic carbocycles. The number of carboxylic acids is 1. The van der Waals surface area contributed by atoms with Crippen LogP contribution in [0.3, 0.4) is 0 Å². The van der Waals surface area contributed by atoms with Crippen molar-refractivity contribution in [2.24, 2.45) is 0 Å². The summed E-state index contributed by atoms with van der Waals surface area (Å²) in [6.07, 6.45) is 0.424. The van der Waals surface area contributed by atoms with Crippen molar-refractivity contribution in [1.29, 1.82) is 0 Å². The minimum Gasteiger partial charge on any atom is -0.480 e. The molecule has 15 heavy (non-hydrogen) atoms. The van der Waals surface area contributed by atoms with Gasteiger partial charge in [-0.3, -0.25) is 4.79 Å². The molecular formula is C11H9NO3. The average Bonchev–Trinajstić information content (AvgIpc) is 2.61. The number of hydrogen-bond acceptors (Lipinski definition) is 2. The van der Waals surface area contributed by atoms with Gasteiger partial charge < -0.3 is 14.9 Å². The van der Waals surface area contributed by atoms with Crippen LogP contribution in [0.5, 0.6) is 0 Å². The Morgan fingerprint density at radius 2 is 2.13 bits per heavy atom. The lowest BCUT2D eigenvalue weighted by atomic mass is 10.1. The predicted octanol–water partition coefficient (Wildman–Crippen LogP) is 1.53. The molecule has 2 rings (SSSR count). The van der Waals surface area contributed by atoms with Crippen LogP contribution in [0.2, 0.25) is 0 Å². The van der Waals surface area contributed by atoms with E-state index in [0.29, 0.717) is 12.0 Å². The molecule has 0 saturated carbocycles. The lowest BCUT2D eigenvalue weighted by Crippen LogP contribution is -2.12. The van der Waals surface area contributed by atoms with E-state index in [4.69, 9.17) is 5.11 Å². The number of H-pyrrole nitrogens is 1. The molecule has 0 amide bonds. The van der Waals surface area contributed by atoms with Crippen molar-refractivity contribution in [2.75, 3.05) is 0 Å². The summed E-state index contributed by atoms with van der Waals surface area (Å²) in [5, 5.41) is 9.70. The third-order valence-corrected chi connectivity index (χ3v) is 2.29. The zero-order valence-corrected chi connectivity index (χ0v) is 7.81. The normalized spacial score (nSPS) is 12.5. The van der Waals surface area contributed by atoms with Gasteiger partial charge in [0, 0.05) is 11.2 Å². The summed E-state index contributed by atoms with van der Waals surface area (Å²) in [6, 6.07) is 9.08. The van der Waals surface area contributed by atoms with Crippen LogP contribution in [0, 0.1) is 0 Å². The Kier molecular flexibility index (Phi) is 2.25. The minimum atomic E-state index is -1.14. The first-order valence-corrected chi connectivity index (χ1v) is 4.48. The molecule has 0 bridgehead atoms. The highest BCUT2D eigenvalue weighted by atomic mass is 16.4. The molecule has 2 aromatic rings. The van der Waals surface area contributed by atoms with Crippen molar-refractivity contribution in [2.45, 2.75) is 5.92 Å². The van der Waals surface area contributed by atoms with Crippen molar-refractivity contribution in [3.8, 4) is 0 Å². The number of para-hydroxylation sites is 1. The number of aromatic amines is 1. The third-order valence-electron chi connectivity index (χ3n) is 2.29. The van der Waals surface area contributed by atoms with Crippen molar-refractivity contribution in [3.05, 3.63) is 36.0 Å². The highest BCUT2D eigenvalue weighted by Gasteiger charge is 2.20. The van der Waals surface area contributed by atoms with Crippen LogP contribution >= 0.6 is 0 Å². The number of aromatic nitrogens is 1. The molecule has 0 aliphatic heterocycles. The van der Waals surface area contributed by atoms with Gasteiger partial charge in [-0.25, -0.2) is 0 Å². The maximum atomic E-state index is 10.8. The van der Waals surface area contributed by atoms with Gasteiger partial charge in [-0.2, -0.15) is 0 Å². The summed E-state index contributed by atoms with van der Waals surface area (Å²) in [5.41, 5.74) is 1.25. The molecule has 1 atom stereocenters. The highest BCUT2D eigenvalue weighted by Crippen LogP contribution is 2.20. The van der Waals surface area contributed by atoms with Gasteiger partial charge in [-0.05, 0) is 17.5 Å². The van der Waals surface area contributed by atoms with Gasteiger partial charge in [-0.15, -0.1) is 0 Å². The van der Waals surface area contributed by atoms with E-state index in [1.165, 1.54) is 0 Å². The molecule has 2 N–H and O–H groups in total. The Hall–Kier alpha value is -2.10. The van der Waals surface area contributed by atoms with Crippen molar-refractivity contribution in [3.63, 3.8) is 0 Å². The Morgan fingerprint density at radius 1 is 1.40 bits per heavy atom. The maximum Gasteiger partial charge on any atom is 0.319 e. The number of carbonyl (C=O) groups is 2. The van der Waals surface area contributed by atoms with Crippen molar-refractivity contribution >= 4 is 23.2 Å². The molecule has 1 unspecified atom stereocenters.